The van der Waals surface area contributed by atoms with Gasteiger partial charge in [-0.3, -0.25) is 0 Å². The van der Waals surface area contributed by atoms with Crippen molar-refractivity contribution in [2.75, 3.05) is 0 Å². The summed E-state index contributed by atoms with van der Waals surface area (Å²) in [5.41, 5.74) is 2.13. The third-order valence-corrected chi connectivity index (χ3v) is 13.4. The molecule has 0 N–H and O–H groups in total. The van der Waals surface area contributed by atoms with Crippen LogP contribution in [0.25, 0.3) is 117 Å². The first-order valence-electron chi connectivity index (χ1n) is 26.0. The van der Waals surface area contributed by atoms with E-state index in [1.54, 1.807) is 12.1 Å². The van der Waals surface area contributed by atoms with Gasteiger partial charge in [-0.1, -0.05) is 133 Å². The highest BCUT2D eigenvalue weighted by Gasteiger charge is 2.20. The maximum absolute atomic E-state index is 9.43. The van der Waals surface area contributed by atoms with Gasteiger partial charge in [0, 0.05) is 88.3 Å². The largest absolute Gasteiger partial charge is 0.208 e. The van der Waals surface area contributed by atoms with Crippen molar-refractivity contribution < 1.29 is 23.3 Å². The minimum atomic E-state index is -0.647. The summed E-state index contributed by atoms with van der Waals surface area (Å²) in [5, 5.41) is 3.72. The van der Waals surface area contributed by atoms with Crippen molar-refractivity contribution in [3.8, 4) is 56.4 Å². The first-order valence-corrected chi connectivity index (χ1v) is 20.0. The molecule has 4 aromatic heterocycles. The van der Waals surface area contributed by atoms with Gasteiger partial charge in [0.1, 0.15) is 0 Å². The zero-order chi connectivity index (χ0) is 52.2. The quantitative estimate of drug-likeness (QED) is 0.174. The van der Waals surface area contributed by atoms with E-state index < -0.39 is 72.5 Å². The molecule has 0 spiro atoms. The van der Waals surface area contributed by atoms with Crippen molar-refractivity contribution in [3.63, 3.8) is 0 Å². The Balaban J connectivity index is 1.10. The SMILES string of the molecule is [2H]c1c([2H])c([2H])c(-c2nc(-c3c([2H])c([2H])c([2H])c([2H])c3[2H])nc(-c3cccc4c3sc3ccc(-c5cc(-c6c([2H])c([2H])c([2H])c7c6sc6c([2H])c([2H])c([2H])c([2H])c67)c6sc7ccccc7c6c5)cc34)n2)c([2H])c1[2H]. The lowest BCUT2D eigenvalue weighted by Crippen LogP contribution is -2.00. The van der Waals surface area contributed by atoms with E-state index in [0.29, 0.717) is 26.1 Å². The topological polar surface area (TPSA) is 38.7 Å². The van der Waals surface area contributed by atoms with Gasteiger partial charge in [0.05, 0.1) is 23.3 Å². The molecule has 0 saturated carbocycles. The molecule has 12 aromatic rings. The van der Waals surface area contributed by atoms with E-state index in [9.17, 15) is 1.37 Å². The van der Waals surface area contributed by atoms with Crippen LogP contribution < -0.4 is 0 Å². The number of fused-ring (bicyclic) bond motifs is 9. The summed E-state index contributed by atoms with van der Waals surface area (Å²) in [6.07, 6.45) is 0. The molecule has 0 unspecified atom stereocenters. The van der Waals surface area contributed by atoms with Crippen LogP contribution in [0.5, 0.6) is 0 Å². The van der Waals surface area contributed by atoms with Crippen LogP contribution in [0.4, 0.5) is 0 Å². The molecule has 0 aliphatic rings. The zero-order valence-electron chi connectivity index (χ0n) is 46.0. The third kappa shape index (κ3) is 5.33. The van der Waals surface area contributed by atoms with Crippen molar-refractivity contribution >= 4 is 94.5 Å². The summed E-state index contributed by atoms with van der Waals surface area (Å²) in [6.45, 7) is 0. The lowest BCUT2D eigenvalue weighted by atomic mass is 9.94. The molecular weight excluding hydrogens is 751 g/mol. The van der Waals surface area contributed by atoms with Gasteiger partial charge in [0.25, 0.3) is 0 Å². The van der Waals surface area contributed by atoms with Crippen LogP contribution in [-0.2, 0) is 0 Å². The Hall–Kier alpha value is -6.57. The average molecular weight is 797 g/mol. The molecule has 57 heavy (non-hydrogen) atoms. The summed E-state index contributed by atoms with van der Waals surface area (Å²) in [4.78, 5) is 13.8. The van der Waals surface area contributed by atoms with Gasteiger partial charge < -0.3 is 0 Å². The number of hydrogen-bond donors (Lipinski definition) is 0. The van der Waals surface area contributed by atoms with Crippen LogP contribution in [0.3, 0.4) is 0 Å². The summed E-state index contributed by atoms with van der Waals surface area (Å²) in [6, 6.07) is 14.6. The summed E-state index contributed by atoms with van der Waals surface area (Å²) in [7, 11) is 0. The first kappa shape index (κ1) is 20.0. The fraction of sp³-hybridized carbons (Fsp3) is 0. The van der Waals surface area contributed by atoms with E-state index in [0.717, 1.165) is 58.1 Å². The Labute approximate surface area is 363 Å². The molecule has 0 fully saturated rings. The number of thiophene rings is 3. The minimum Gasteiger partial charge on any atom is -0.208 e. The van der Waals surface area contributed by atoms with E-state index >= 15 is 0 Å². The molecule has 0 saturated heterocycles. The molecule has 4 heterocycles. The molecule has 0 atom stereocenters. The van der Waals surface area contributed by atoms with Gasteiger partial charge in [-0.15, -0.1) is 34.0 Å². The second-order valence-corrected chi connectivity index (χ2v) is 16.2. The van der Waals surface area contributed by atoms with Gasteiger partial charge in [-0.05, 0) is 53.6 Å². The van der Waals surface area contributed by atoms with Crippen molar-refractivity contribution in [1.29, 1.82) is 0 Å². The number of hydrogen-bond acceptors (Lipinski definition) is 6. The number of aromatic nitrogens is 3. The normalized spacial score (nSPS) is 16.0. The van der Waals surface area contributed by atoms with Crippen LogP contribution >= 0.6 is 34.0 Å². The monoisotopic (exact) mass is 796 g/mol. The lowest BCUT2D eigenvalue weighted by molar-refractivity contribution is 1.08. The smallest absolute Gasteiger partial charge is 0.165 e. The van der Waals surface area contributed by atoms with Gasteiger partial charge >= 0.3 is 0 Å². The number of benzene rings is 8. The Bertz CT molecular complexity index is 4400. The molecule has 0 amide bonds. The maximum Gasteiger partial charge on any atom is 0.165 e. The Morgan fingerprint density at radius 3 is 1.75 bits per heavy atom. The predicted molar refractivity (Wildman–Crippen MR) is 246 cm³/mol. The Morgan fingerprint density at radius 2 is 0.947 bits per heavy atom. The Kier molecular flexibility index (Phi) is 4.57. The molecule has 6 heteroatoms. The summed E-state index contributed by atoms with van der Waals surface area (Å²) >= 11 is 3.99. The highest BCUT2D eigenvalue weighted by atomic mass is 32.1. The van der Waals surface area contributed by atoms with Gasteiger partial charge in [-0.25, -0.2) is 15.0 Å². The average Bonchev–Trinajstić information content (AvgIpc) is 4.12. The fourth-order valence-corrected chi connectivity index (χ4v) is 10.8. The van der Waals surface area contributed by atoms with Crippen molar-refractivity contribution in [2.45, 2.75) is 0 Å². The van der Waals surface area contributed by atoms with Crippen LogP contribution in [0.2, 0.25) is 0 Å². The predicted octanol–water partition coefficient (Wildman–Crippen LogP) is 15.3. The van der Waals surface area contributed by atoms with Crippen molar-refractivity contribution in [2.24, 2.45) is 0 Å². The molecule has 0 aliphatic heterocycles. The van der Waals surface area contributed by atoms with E-state index in [-0.39, 0.29) is 74.3 Å². The van der Waals surface area contributed by atoms with Crippen LogP contribution in [0.1, 0.15) is 23.3 Å². The molecule has 0 bridgehead atoms. The molecular formula is C51H29N3S3. The number of rotatable bonds is 5. The van der Waals surface area contributed by atoms with E-state index in [1.165, 1.54) is 22.7 Å². The Morgan fingerprint density at radius 1 is 0.333 bits per heavy atom. The van der Waals surface area contributed by atoms with Crippen LogP contribution in [-0.4, -0.2) is 15.0 Å². The van der Waals surface area contributed by atoms with Crippen LogP contribution in [0, 0.1) is 0 Å². The van der Waals surface area contributed by atoms with Gasteiger partial charge in [0.2, 0.25) is 0 Å². The third-order valence-electron chi connectivity index (χ3n) is 9.84. The minimum absolute atomic E-state index is 0.0559. The molecule has 12 rings (SSSR count). The first-order chi connectivity index (χ1) is 35.3. The standard InChI is InChI=1S/C51H29N3S3/c1-3-13-30(14-4-1)49-52-50(31-15-5-2-6-16-31)54-51(53-49)39-22-12-20-37-40-27-32(25-26-45(40)57-47(37)39)33-28-41-35-18-8-10-24-44(35)56-48(41)42(29-33)38-21-11-19-36-34-17-7-9-23-43(34)55-46(36)38/h1-29H/i1D,2D,3D,4D,5D,6D,7D,9D,11D,13D,14D,15D,16D,17D,19D,21D,23D. The highest BCUT2D eigenvalue weighted by Crippen LogP contribution is 2.48. The second kappa shape index (κ2) is 13.0. The van der Waals surface area contributed by atoms with Gasteiger partial charge in [-0.2, -0.15) is 0 Å². The molecule has 0 aliphatic carbocycles. The fourth-order valence-electron chi connectivity index (χ4n) is 7.30. The maximum atomic E-state index is 9.43. The van der Waals surface area contributed by atoms with Crippen LogP contribution in [0.15, 0.2) is 176 Å². The van der Waals surface area contributed by atoms with Crippen molar-refractivity contribution in [3.05, 3.63) is 176 Å². The second-order valence-electron chi connectivity index (χ2n) is 13.1. The number of nitrogens with zero attached hydrogens (tertiary/aromatic N) is 3. The van der Waals surface area contributed by atoms with Gasteiger partial charge in [0.15, 0.2) is 17.5 Å². The van der Waals surface area contributed by atoms with Crippen molar-refractivity contribution in [1.82, 2.24) is 15.0 Å². The van der Waals surface area contributed by atoms with E-state index in [1.807, 2.05) is 54.6 Å². The molecule has 8 aromatic carbocycles. The molecule has 3 nitrogen and oxygen atoms in total. The summed E-state index contributed by atoms with van der Waals surface area (Å²) < 4.78 is 151. The molecule has 0 radical (unpaired) electrons. The summed E-state index contributed by atoms with van der Waals surface area (Å²) in [5.74, 6) is -0.801. The van der Waals surface area contributed by atoms with E-state index in [2.05, 4.69) is 21.0 Å². The highest BCUT2D eigenvalue weighted by molar-refractivity contribution is 7.27. The molecule has 266 valence electrons. The zero-order valence-corrected chi connectivity index (χ0v) is 31.4. The lowest BCUT2D eigenvalue weighted by Gasteiger charge is -2.11. The van der Waals surface area contributed by atoms with E-state index in [4.69, 9.17) is 21.9 Å².